The summed E-state index contributed by atoms with van der Waals surface area (Å²) in [5.74, 6) is -1.29. The molecule has 0 fully saturated rings. The molecule has 0 bridgehead atoms. The molecule has 0 saturated heterocycles. The van der Waals surface area contributed by atoms with Gasteiger partial charge in [0.1, 0.15) is 17.1 Å². The van der Waals surface area contributed by atoms with Crippen LogP contribution in [-0.4, -0.2) is 22.0 Å². The van der Waals surface area contributed by atoms with Crippen LogP contribution in [0.3, 0.4) is 0 Å². The van der Waals surface area contributed by atoms with Crippen molar-refractivity contribution in [1.29, 1.82) is 0 Å². The molecule has 1 aliphatic heterocycles. The molecule has 0 spiro atoms. The van der Waals surface area contributed by atoms with Crippen molar-refractivity contribution in [2.75, 3.05) is 4.90 Å². The Morgan fingerprint density at radius 3 is 2.55 bits per heavy atom. The van der Waals surface area contributed by atoms with Crippen molar-refractivity contribution < 1.29 is 18.7 Å². The molecule has 8 heteroatoms. The normalized spacial score (nSPS) is 15.2. The third-order valence-corrected chi connectivity index (χ3v) is 5.56. The molecule has 0 radical (unpaired) electrons. The topological polar surface area (TPSA) is 68.6 Å². The summed E-state index contributed by atoms with van der Waals surface area (Å²) in [5, 5.41) is 0. The Bertz CT molecular complexity index is 1100. The van der Waals surface area contributed by atoms with Crippen molar-refractivity contribution in [3.8, 4) is 0 Å². The predicted molar refractivity (Wildman–Crippen MR) is 120 cm³/mol. The first-order chi connectivity index (χ1) is 14.3. The number of aryl methyl sites for hydroxylation is 1. The number of hydrogen-bond acceptors (Lipinski definition) is 4. The quantitative estimate of drug-likeness (QED) is 0.560. The van der Waals surface area contributed by atoms with Gasteiger partial charge in [0.05, 0.1) is 11.1 Å². The van der Waals surface area contributed by atoms with Gasteiger partial charge in [-0.05, 0) is 70.9 Å². The molecule has 1 aliphatic rings. The number of fused-ring (bicyclic) bond motifs is 1. The number of nitrogens with zero attached hydrogens (tertiary/aromatic N) is 2. The zero-order chi connectivity index (χ0) is 23.1. The van der Waals surface area contributed by atoms with Crippen molar-refractivity contribution in [1.82, 2.24) is 4.57 Å². The average molecular weight is 493 g/mol. The highest BCUT2D eigenvalue weighted by Gasteiger charge is 2.47. The minimum atomic E-state index is -0.982. The van der Waals surface area contributed by atoms with E-state index >= 15 is 0 Å². The summed E-state index contributed by atoms with van der Waals surface area (Å²) in [7, 11) is 0. The largest absolute Gasteiger partial charge is 0.460 e. The maximum atomic E-state index is 14.9. The van der Waals surface area contributed by atoms with Crippen LogP contribution >= 0.6 is 15.9 Å². The van der Waals surface area contributed by atoms with Crippen LogP contribution in [0.5, 0.6) is 0 Å². The van der Waals surface area contributed by atoms with Crippen LogP contribution in [0.1, 0.15) is 53.0 Å². The van der Waals surface area contributed by atoms with Crippen LogP contribution in [0.15, 0.2) is 39.7 Å². The SMILES string of the molecule is CC(C)(C)OC(=O)CCCn1cccc(N2C(=O)C(C)(C)c3cc(Br)cc(F)c32)c1=O. The number of halogens is 2. The Morgan fingerprint density at radius 2 is 1.90 bits per heavy atom. The Labute approximate surface area is 189 Å². The molecule has 1 aromatic heterocycles. The lowest BCUT2D eigenvalue weighted by Gasteiger charge is -2.21. The third-order valence-electron chi connectivity index (χ3n) is 5.10. The number of carbonyl (C=O) groups is 2. The third kappa shape index (κ3) is 4.59. The summed E-state index contributed by atoms with van der Waals surface area (Å²) in [6.07, 6.45) is 2.15. The van der Waals surface area contributed by atoms with Crippen LogP contribution in [0.2, 0.25) is 0 Å². The Hall–Kier alpha value is -2.48. The summed E-state index contributed by atoms with van der Waals surface area (Å²) in [6.45, 7) is 9.08. The number of pyridine rings is 1. The molecule has 3 rings (SSSR count). The van der Waals surface area contributed by atoms with Crippen molar-refractivity contribution in [3.63, 3.8) is 0 Å². The minimum absolute atomic E-state index is 0.0813. The molecule has 0 N–H and O–H groups in total. The first-order valence-corrected chi connectivity index (χ1v) is 10.9. The molecule has 2 aromatic rings. The molecule has 1 amide bonds. The second-order valence-electron chi connectivity index (χ2n) is 9.13. The van der Waals surface area contributed by atoms with E-state index in [1.807, 2.05) is 0 Å². The second-order valence-corrected chi connectivity index (χ2v) is 10.0. The standard InChI is InChI=1S/C23H26BrFN2O4/c1-22(2,3)31-18(28)9-7-11-26-10-6-8-17(20(26)29)27-19-15(23(4,5)21(27)30)12-14(24)13-16(19)25/h6,8,10,12-13H,7,9,11H2,1-5H3. The van der Waals surface area contributed by atoms with E-state index in [-0.39, 0.29) is 36.2 Å². The highest BCUT2D eigenvalue weighted by atomic mass is 79.9. The van der Waals surface area contributed by atoms with Gasteiger partial charge in [-0.1, -0.05) is 15.9 Å². The number of amides is 1. The first-order valence-electron chi connectivity index (χ1n) is 10.1. The molecule has 0 saturated carbocycles. The molecule has 0 atom stereocenters. The van der Waals surface area contributed by atoms with Gasteiger partial charge < -0.3 is 9.30 Å². The second kappa shape index (κ2) is 8.22. The minimum Gasteiger partial charge on any atom is -0.460 e. The fourth-order valence-corrected chi connectivity index (χ4v) is 4.08. The van der Waals surface area contributed by atoms with Crippen molar-refractivity contribution >= 4 is 39.2 Å². The Kier molecular flexibility index (Phi) is 6.15. The van der Waals surface area contributed by atoms with Gasteiger partial charge in [0.2, 0.25) is 5.91 Å². The fourth-order valence-electron chi connectivity index (χ4n) is 3.65. The molecule has 1 aromatic carbocycles. The van der Waals surface area contributed by atoms with E-state index in [9.17, 15) is 18.8 Å². The van der Waals surface area contributed by atoms with Crippen LogP contribution < -0.4 is 10.5 Å². The predicted octanol–water partition coefficient (Wildman–Crippen LogP) is 4.83. The zero-order valence-electron chi connectivity index (χ0n) is 18.3. The number of rotatable bonds is 5. The van der Waals surface area contributed by atoms with Gasteiger partial charge in [-0.2, -0.15) is 0 Å². The lowest BCUT2D eigenvalue weighted by atomic mass is 9.86. The zero-order valence-corrected chi connectivity index (χ0v) is 19.9. The summed E-state index contributed by atoms with van der Waals surface area (Å²) < 4.78 is 22.1. The number of aromatic nitrogens is 1. The molecule has 6 nitrogen and oxygen atoms in total. The maximum absolute atomic E-state index is 14.9. The molecule has 31 heavy (non-hydrogen) atoms. The van der Waals surface area contributed by atoms with E-state index < -0.39 is 22.4 Å². The van der Waals surface area contributed by atoms with Gasteiger partial charge in [-0.25, -0.2) is 4.39 Å². The summed E-state index contributed by atoms with van der Waals surface area (Å²) >= 11 is 3.27. The van der Waals surface area contributed by atoms with E-state index in [1.165, 1.54) is 21.6 Å². The molecule has 0 aliphatic carbocycles. The van der Waals surface area contributed by atoms with E-state index in [2.05, 4.69) is 15.9 Å². The van der Waals surface area contributed by atoms with Gasteiger partial charge in [0.25, 0.3) is 5.56 Å². The van der Waals surface area contributed by atoms with Crippen LogP contribution in [0.4, 0.5) is 15.8 Å². The van der Waals surface area contributed by atoms with E-state index in [0.29, 0.717) is 16.5 Å². The Morgan fingerprint density at radius 1 is 1.23 bits per heavy atom. The Balaban J connectivity index is 1.90. The summed E-state index contributed by atoms with van der Waals surface area (Å²) in [6, 6.07) is 6.14. The fraction of sp³-hybridized carbons (Fsp3) is 0.435. The van der Waals surface area contributed by atoms with Crippen LogP contribution in [0, 0.1) is 5.82 Å². The number of anilines is 2. The highest BCUT2D eigenvalue weighted by Crippen LogP contribution is 2.47. The van der Waals surface area contributed by atoms with Gasteiger partial charge in [-0.15, -0.1) is 0 Å². The van der Waals surface area contributed by atoms with Gasteiger partial charge >= 0.3 is 5.97 Å². The van der Waals surface area contributed by atoms with E-state index in [0.717, 1.165) is 0 Å². The number of ether oxygens (including phenoxy) is 1. The molecular formula is C23H26BrFN2O4. The number of esters is 1. The molecule has 0 unspecified atom stereocenters. The monoisotopic (exact) mass is 492 g/mol. The smallest absolute Gasteiger partial charge is 0.306 e. The van der Waals surface area contributed by atoms with Crippen LogP contribution in [0.25, 0.3) is 0 Å². The van der Waals surface area contributed by atoms with E-state index in [4.69, 9.17) is 4.74 Å². The summed E-state index contributed by atoms with van der Waals surface area (Å²) in [4.78, 5) is 39.4. The number of hydrogen-bond donors (Lipinski definition) is 0. The number of carbonyl (C=O) groups excluding carboxylic acids is 2. The maximum Gasteiger partial charge on any atom is 0.306 e. The van der Waals surface area contributed by atoms with Gasteiger partial charge in [0, 0.05) is 23.6 Å². The lowest BCUT2D eigenvalue weighted by molar-refractivity contribution is -0.155. The van der Waals surface area contributed by atoms with Gasteiger partial charge in [0.15, 0.2) is 0 Å². The lowest BCUT2D eigenvalue weighted by Crippen LogP contribution is -2.37. The number of benzene rings is 1. The van der Waals surface area contributed by atoms with E-state index in [1.54, 1.807) is 52.9 Å². The van der Waals surface area contributed by atoms with Crippen molar-refractivity contribution in [3.05, 3.63) is 56.7 Å². The van der Waals surface area contributed by atoms with Crippen molar-refractivity contribution in [2.24, 2.45) is 0 Å². The van der Waals surface area contributed by atoms with Gasteiger partial charge in [-0.3, -0.25) is 19.3 Å². The first kappa shape index (κ1) is 23.2. The molecule has 2 heterocycles. The highest BCUT2D eigenvalue weighted by molar-refractivity contribution is 9.10. The van der Waals surface area contributed by atoms with Crippen molar-refractivity contribution in [2.45, 2.75) is 65.0 Å². The molecular weight excluding hydrogens is 467 g/mol. The summed E-state index contributed by atoms with van der Waals surface area (Å²) in [5.41, 5.74) is -1.28. The average Bonchev–Trinajstić information content (AvgIpc) is 2.82. The molecule has 166 valence electrons. The van der Waals surface area contributed by atoms with Crippen LogP contribution in [-0.2, 0) is 26.3 Å².